The third kappa shape index (κ3) is 2.73. The average molecular weight is 274 g/mol. The maximum absolute atomic E-state index is 13.4. The molecule has 3 rings (SSSR count). The molecule has 1 atom stereocenters. The first-order valence-electron chi connectivity index (χ1n) is 6.91. The number of aryl methyl sites for hydroxylation is 1. The molecular formula is C15H19FN4. The Labute approximate surface area is 118 Å². The van der Waals surface area contributed by atoms with Crippen molar-refractivity contribution < 1.29 is 4.39 Å². The highest BCUT2D eigenvalue weighted by Gasteiger charge is 2.24. The summed E-state index contributed by atoms with van der Waals surface area (Å²) in [4.78, 5) is 2.38. The van der Waals surface area contributed by atoms with Crippen LogP contribution >= 0.6 is 0 Å². The van der Waals surface area contributed by atoms with Crippen molar-refractivity contribution in [3.05, 3.63) is 53.6 Å². The van der Waals surface area contributed by atoms with Crippen molar-refractivity contribution in [2.24, 2.45) is 7.05 Å². The predicted molar refractivity (Wildman–Crippen MR) is 75.6 cm³/mol. The Morgan fingerprint density at radius 2 is 2.30 bits per heavy atom. The summed E-state index contributed by atoms with van der Waals surface area (Å²) < 4.78 is 15.3. The molecule has 2 aromatic rings. The molecule has 2 heterocycles. The van der Waals surface area contributed by atoms with Gasteiger partial charge in [0, 0.05) is 45.5 Å². The van der Waals surface area contributed by atoms with Gasteiger partial charge in [0.05, 0.1) is 5.69 Å². The molecule has 1 aromatic heterocycles. The number of rotatable bonds is 3. The molecule has 0 aliphatic carbocycles. The fourth-order valence-electron chi connectivity index (χ4n) is 2.74. The van der Waals surface area contributed by atoms with Crippen LogP contribution in [-0.2, 0) is 13.6 Å². The normalized spacial score (nSPS) is 20.2. The molecule has 1 N–H and O–H groups in total. The summed E-state index contributed by atoms with van der Waals surface area (Å²) in [6.07, 6.45) is 1.81. The minimum Gasteiger partial charge on any atom is -0.314 e. The fraction of sp³-hybridized carbons (Fsp3) is 0.400. The summed E-state index contributed by atoms with van der Waals surface area (Å²) in [5.41, 5.74) is 2.20. The van der Waals surface area contributed by atoms with Crippen molar-refractivity contribution in [1.82, 2.24) is 20.0 Å². The van der Waals surface area contributed by atoms with Crippen LogP contribution in [0.1, 0.15) is 17.3 Å². The van der Waals surface area contributed by atoms with Crippen LogP contribution in [0.15, 0.2) is 36.5 Å². The minimum atomic E-state index is -0.173. The Morgan fingerprint density at radius 3 is 3.05 bits per heavy atom. The molecule has 0 amide bonds. The van der Waals surface area contributed by atoms with E-state index in [-0.39, 0.29) is 11.9 Å². The molecule has 4 nitrogen and oxygen atoms in total. The highest BCUT2D eigenvalue weighted by atomic mass is 19.1. The Bertz CT molecular complexity index is 581. The molecule has 1 aliphatic rings. The molecule has 0 radical (unpaired) electrons. The molecule has 20 heavy (non-hydrogen) atoms. The largest absolute Gasteiger partial charge is 0.314 e. The summed E-state index contributed by atoms with van der Waals surface area (Å²) in [6, 6.07) is 9.14. The van der Waals surface area contributed by atoms with Gasteiger partial charge in [0.15, 0.2) is 0 Å². The highest BCUT2D eigenvalue weighted by molar-refractivity contribution is 5.21. The van der Waals surface area contributed by atoms with Gasteiger partial charge in [-0.2, -0.15) is 5.10 Å². The number of hydrogen-bond acceptors (Lipinski definition) is 3. The zero-order valence-corrected chi connectivity index (χ0v) is 11.6. The van der Waals surface area contributed by atoms with Crippen LogP contribution in [0.25, 0.3) is 0 Å². The van der Waals surface area contributed by atoms with E-state index >= 15 is 0 Å². The maximum atomic E-state index is 13.4. The van der Waals surface area contributed by atoms with E-state index in [2.05, 4.69) is 15.3 Å². The van der Waals surface area contributed by atoms with Gasteiger partial charge >= 0.3 is 0 Å². The topological polar surface area (TPSA) is 33.1 Å². The lowest BCUT2D eigenvalue weighted by Gasteiger charge is -2.36. The van der Waals surface area contributed by atoms with E-state index in [1.165, 1.54) is 11.8 Å². The van der Waals surface area contributed by atoms with Crippen LogP contribution in [-0.4, -0.2) is 34.3 Å². The lowest BCUT2D eigenvalue weighted by molar-refractivity contribution is 0.150. The van der Waals surface area contributed by atoms with Gasteiger partial charge in [0.2, 0.25) is 0 Å². The van der Waals surface area contributed by atoms with E-state index in [1.807, 2.05) is 30.1 Å². The summed E-state index contributed by atoms with van der Waals surface area (Å²) in [5.74, 6) is -0.173. The summed E-state index contributed by atoms with van der Waals surface area (Å²) in [5, 5.41) is 7.60. The third-order valence-corrected chi connectivity index (χ3v) is 3.88. The SMILES string of the molecule is Cn1nccc1CN1CCNCC1c1cccc(F)c1. The molecule has 1 fully saturated rings. The smallest absolute Gasteiger partial charge is 0.123 e. The minimum absolute atomic E-state index is 0.173. The molecular weight excluding hydrogens is 255 g/mol. The van der Waals surface area contributed by atoms with Gasteiger partial charge < -0.3 is 5.32 Å². The zero-order chi connectivity index (χ0) is 13.9. The van der Waals surface area contributed by atoms with E-state index in [1.54, 1.807) is 12.1 Å². The third-order valence-electron chi connectivity index (χ3n) is 3.88. The number of nitrogens with zero attached hydrogens (tertiary/aromatic N) is 3. The molecule has 1 unspecified atom stereocenters. The zero-order valence-electron chi connectivity index (χ0n) is 11.6. The summed E-state index contributed by atoms with van der Waals surface area (Å²) in [7, 11) is 1.95. The molecule has 0 saturated carbocycles. The van der Waals surface area contributed by atoms with Crippen molar-refractivity contribution in [3.8, 4) is 0 Å². The summed E-state index contributed by atoms with van der Waals surface area (Å²) in [6.45, 7) is 3.59. The molecule has 1 saturated heterocycles. The molecule has 5 heteroatoms. The van der Waals surface area contributed by atoms with Crippen LogP contribution in [0, 0.1) is 5.82 Å². The summed E-state index contributed by atoms with van der Waals surface area (Å²) >= 11 is 0. The second kappa shape index (κ2) is 5.73. The Morgan fingerprint density at radius 1 is 1.40 bits per heavy atom. The van der Waals surface area contributed by atoms with Crippen LogP contribution < -0.4 is 5.32 Å². The average Bonchev–Trinajstić information content (AvgIpc) is 2.85. The second-order valence-electron chi connectivity index (χ2n) is 5.19. The van der Waals surface area contributed by atoms with Crippen molar-refractivity contribution in [3.63, 3.8) is 0 Å². The van der Waals surface area contributed by atoms with E-state index in [4.69, 9.17) is 0 Å². The van der Waals surface area contributed by atoms with Gasteiger partial charge in [-0.05, 0) is 23.8 Å². The first-order valence-corrected chi connectivity index (χ1v) is 6.91. The van der Waals surface area contributed by atoms with Gasteiger partial charge in [-0.3, -0.25) is 9.58 Å². The monoisotopic (exact) mass is 274 g/mol. The number of piperazine rings is 1. The predicted octanol–water partition coefficient (Wildman–Crippen LogP) is 1.71. The molecule has 1 aliphatic heterocycles. The number of hydrogen-bond donors (Lipinski definition) is 1. The van der Waals surface area contributed by atoms with Crippen molar-refractivity contribution >= 4 is 0 Å². The number of aromatic nitrogens is 2. The van der Waals surface area contributed by atoms with Gasteiger partial charge in [-0.1, -0.05) is 12.1 Å². The molecule has 106 valence electrons. The van der Waals surface area contributed by atoms with Gasteiger partial charge in [-0.15, -0.1) is 0 Å². The highest BCUT2D eigenvalue weighted by Crippen LogP contribution is 2.24. The first-order chi connectivity index (χ1) is 9.74. The van der Waals surface area contributed by atoms with Crippen molar-refractivity contribution in [2.45, 2.75) is 12.6 Å². The van der Waals surface area contributed by atoms with Crippen LogP contribution in [0.4, 0.5) is 4.39 Å². The van der Waals surface area contributed by atoms with E-state index in [9.17, 15) is 4.39 Å². The molecule has 0 spiro atoms. The molecule has 1 aromatic carbocycles. The standard InChI is InChI=1S/C15H19FN4/c1-19-14(5-6-18-19)11-20-8-7-17-10-15(20)12-3-2-4-13(16)9-12/h2-6,9,15,17H,7-8,10-11H2,1H3. The Balaban J connectivity index is 1.82. The van der Waals surface area contributed by atoms with E-state index in [0.717, 1.165) is 31.7 Å². The van der Waals surface area contributed by atoms with Crippen LogP contribution in [0.2, 0.25) is 0 Å². The van der Waals surface area contributed by atoms with Crippen LogP contribution in [0.3, 0.4) is 0 Å². The Kier molecular flexibility index (Phi) is 3.80. The number of nitrogens with one attached hydrogen (secondary N) is 1. The lowest BCUT2D eigenvalue weighted by atomic mass is 10.0. The number of halogens is 1. The number of benzene rings is 1. The fourth-order valence-corrected chi connectivity index (χ4v) is 2.74. The van der Waals surface area contributed by atoms with Gasteiger partial charge in [0.1, 0.15) is 5.82 Å². The quantitative estimate of drug-likeness (QED) is 0.925. The van der Waals surface area contributed by atoms with E-state index in [0.29, 0.717) is 0 Å². The van der Waals surface area contributed by atoms with Crippen molar-refractivity contribution in [2.75, 3.05) is 19.6 Å². The van der Waals surface area contributed by atoms with E-state index < -0.39 is 0 Å². The van der Waals surface area contributed by atoms with Gasteiger partial charge in [0.25, 0.3) is 0 Å². The van der Waals surface area contributed by atoms with Gasteiger partial charge in [-0.25, -0.2) is 4.39 Å². The Hall–Kier alpha value is -1.72. The first kappa shape index (κ1) is 13.3. The molecule has 0 bridgehead atoms. The maximum Gasteiger partial charge on any atom is 0.123 e. The lowest BCUT2D eigenvalue weighted by Crippen LogP contribution is -2.45. The van der Waals surface area contributed by atoms with Crippen LogP contribution in [0.5, 0.6) is 0 Å². The second-order valence-corrected chi connectivity index (χ2v) is 5.19. The van der Waals surface area contributed by atoms with Crippen molar-refractivity contribution in [1.29, 1.82) is 0 Å².